The van der Waals surface area contributed by atoms with Crippen molar-refractivity contribution >= 4 is 23.9 Å². The van der Waals surface area contributed by atoms with Gasteiger partial charge in [-0.3, -0.25) is 4.79 Å². The number of rotatable bonds is 8. The van der Waals surface area contributed by atoms with Gasteiger partial charge in [-0.25, -0.2) is 14.4 Å². The highest BCUT2D eigenvalue weighted by molar-refractivity contribution is 5.89. The summed E-state index contributed by atoms with van der Waals surface area (Å²) in [6.07, 6.45) is 1.19. The maximum Gasteiger partial charge on any atom is 0.374 e. The number of carbonyl (C=O) groups excluding carboxylic acids is 4. The topological polar surface area (TPSA) is 174 Å². The van der Waals surface area contributed by atoms with Gasteiger partial charge in [-0.15, -0.1) is 0 Å². The summed E-state index contributed by atoms with van der Waals surface area (Å²) in [4.78, 5) is 52.8. The van der Waals surface area contributed by atoms with Crippen LogP contribution in [0.25, 0.3) is 0 Å². The summed E-state index contributed by atoms with van der Waals surface area (Å²) < 4.78 is 46.3. The molecular formula is C32H34O13. The molecule has 3 aromatic rings. The van der Waals surface area contributed by atoms with Crippen LogP contribution >= 0.6 is 0 Å². The van der Waals surface area contributed by atoms with E-state index in [4.69, 9.17) is 36.9 Å². The summed E-state index contributed by atoms with van der Waals surface area (Å²) in [7, 11) is 0. The second-order valence-corrected chi connectivity index (χ2v) is 12.6. The third kappa shape index (κ3) is 4.94. The fourth-order valence-electron chi connectivity index (χ4n) is 7.47. The first-order chi connectivity index (χ1) is 21.3. The van der Waals surface area contributed by atoms with Crippen LogP contribution in [-0.2, 0) is 28.5 Å². The summed E-state index contributed by atoms with van der Waals surface area (Å²) >= 11 is 0. The minimum absolute atomic E-state index is 0.109. The van der Waals surface area contributed by atoms with Gasteiger partial charge in [-0.05, 0) is 69.9 Å². The van der Waals surface area contributed by atoms with Crippen molar-refractivity contribution in [3.63, 3.8) is 0 Å². The summed E-state index contributed by atoms with van der Waals surface area (Å²) in [6.45, 7) is 5.89. The molecule has 3 aliphatic rings. The Morgan fingerprint density at radius 2 is 1.56 bits per heavy atom. The van der Waals surface area contributed by atoms with E-state index >= 15 is 0 Å². The van der Waals surface area contributed by atoms with Crippen molar-refractivity contribution in [2.24, 2.45) is 11.3 Å². The maximum absolute atomic E-state index is 13.6. The molecule has 2 saturated carbocycles. The Hall–Kier alpha value is -4.36. The molecule has 6 rings (SSSR count). The van der Waals surface area contributed by atoms with E-state index in [-0.39, 0.29) is 42.3 Å². The molecule has 1 spiro atoms. The van der Waals surface area contributed by atoms with Crippen LogP contribution in [0.4, 0.5) is 0 Å². The van der Waals surface area contributed by atoms with Gasteiger partial charge in [-0.1, -0.05) is 0 Å². The maximum atomic E-state index is 13.6. The van der Waals surface area contributed by atoms with Crippen molar-refractivity contribution in [2.75, 3.05) is 6.61 Å². The van der Waals surface area contributed by atoms with E-state index in [1.165, 1.54) is 69.2 Å². The Balaban J connectivity index is 1.55. The first kappa shape index (κ1) is 30.7. The zero-order chi connectivity index (χ0) is 32.2. The Labute approximate surface area is 257 Å². The minimum Gasteiger partial charge on any atom is -0.472 e. The van der Waals surface area contributed by atoms with Crippen LogP contribution < -0.4 is 0 Å². The van der Waals surface area contributed by atoms with Gasteiger partial charge in [0.15, 0.2) is 6.10 Å². The number of furan rings is 3. The van der Waals surface area contributed by atoms with E-state index in [1.54, 1.807) is 0 Å². The van der Waals surface area contributed by atoms with E-state index in [2.05, 4.69) is 0 Å². The smallest absolute Gasteiger partial charge is 0.374 e. The molecule has 0 radical (unpaired) electrons. The van der Waals surface area contributed by atoms with Crippen molar-refractivity contribution in [3.05, 3.63) is 72.5 Å². The second kappa shape index (κ2) is 10.9. The van der Waals surface area contributed by atoms with Crippen LogP contribution in [0.1, 0.15) is 78.4 Å². The number of ether oxygens (including phenoxy) is 5. The van der Waals surface area contributed by atoms with Gasteiger partial charge in [0.1, 0.15) is 36.1 Å². The van der Waals surface area contributed by atoms with E-state index in [9.17, 15) is 24.3 Å². The monoisotopic (exact) mass is 626 g/mol. The van der Waals surface area contributed by atoms with Crippen LogP contribution in [0.5, 0.6) is 0 Å². The fraction of sp³-hybridized carbons (Fsp3) is 0.500. The molecule has 13 nitrogen and oxygen atoms in total. The molecule has 0 amide bonds. The summed E-state index contributed by atoms with van der Waals surface area (Å²) in [6, 6.07) is 7.21. The molecule has 4 heterocycles. The normalized spacial score (nSPS) is 33.1. The Morgan fingerprint density at radius 3 is 2.13 bits per heavy atom. The van der Waals surface area contributed by atoms with Crippen LogP contribution in [0.3, 0.4) is 0 Å². The lowest BCUT2D eigenvalue weighted by Crippen LogP contribution is -2.79. The summed E-state index contributed by atoms with van der Waals surface area (Å²) in [5.74, 6) is -3.83. The minimum atomic E-state index is -1.81. The molecule has 13 heteroatoms. The van der Waals surface area contributed by atoms with Crippen molar-refractivity contribution in [2.45, 2.75) is 82.1 Å². The van der Waals surface area contributed by atoms with Crippen LogP contribution in [0.15, 0.2) is 68.6 Å². The van der Waals surface area contributed by atoms with E-state index in [1.807, 2.05) is 13.8 Å². The summed E-state index contributed by atoms with van der Waals surface area (Å²) in [5.41, 5.74) is -6.00. The number of fused-ring (bicyclic) bond motifs is 1. The molecule has 3 aromatic heterocycles. The molecule has 7 unspecified atom stereocenters. The molecule has 1 saturated heterocycles. The zero-order valence-electron chi connectivity index (χ0n) is 25.2. The Kier molecular flexibility index (Phi) is 7.44. The molecule has 2 aliphatic carbocycles. The number of esters is 4. The largest absolute Gasteiger partial charge is 0.472 e. The van der Waals surface area contributed by atoms with E-state index in [0.29, 0.717) is 0 Å². The molecule has 7 atom stereocenters. The molecule has 240 valence electrons. The average molecular weight is 627 g/mol. The number of hydrogen-bond donors (Lipinski definition) is 1. The van der Waals surface area contributed by atoms with Gasteiger partial charge in [0.05, 0.1) is 35.6 Å². The van der Waals surface area contributed by atoms with E-state index < -0.39 is 71.0 Å². The standard InChI is InChI=1S/C32H34O13/c1-18(33)41-17-31-24(43-26(34)19-9-12-38-16-19)13-20-14-32(31,45-29(20,2)3)30(4,37)15-23(42-27(35)21-7-5-10-39-21)25(31)44-28(36)22-8-6-11-40-22/h5-12,16,20,23-25,37H,13-15,17H2,1-4H3. The van der Waals surface area contributed by atoms with Gasteiger partial charge in [-0.2, -0.15) is 0 Å². The highest BCUT2D eigenvalue weighted by Gasteiger charge is 2.82. The molecule has 1 N–H and O–H groups in total. The third-order valence-electron chi connectivity index (χ3n) is 9.55. The predicted molar refractivity (Wildman–Crippen MR) is 149 cm³/mol. The second-order valence-electron chi connectivity index (χ2n) is 12.6. The van der Waals surface area contributed by atoms with Gasteiger partial charge in [0, 0.05) is 13.3 Å². The molecule has 3 fully saturated rings. The van der Waals surface area contributed by atoms with Gasteiger partial charge >= 0.3 is 23.9 Å². The van der Waals surface area contributed by atoms with Crippen molar-refractivity contribution < 1.29 is 61.2 Å². The number of aliphatic hydroxyl groups is 1. The number of carbonyl (C=O) groups is 4. The van der Waals surface area contributed by atoms with Crippen molar-refractivity contribution in [1.29, 1.82) is 0 Å². The first-order valence-electron chi connectivity index (χ1n) is 14.6. The highest BCUT2D eigenvalue weighted by atomic mass is 16.6. The van der Waals surface area contributed by atoms with Gasteiger partial charge in [0.25, 0.3) is 0 Å². The lowest BCUT2D eigenvalue weighted by Gasteiger charge is -2.64. The lowest BCUT2D eigenvalue weighted by molar-refractivity contribution is -0.333. The Morgan fingerprint density at radius 1 is 0.889 bits per heavy atom. The predicted octanol–water partition coefficient (Wildman–Crippen LogP) is 4.10. The first-order valence-corrected chi connectivity index (χ1v) is 14.6. The van der Waals surface area contributed by atoms with Crippen molar-refractivity contribution in [3.8, 4) is 0 Å². The van der Waals surface area contributed by atoms with Crippen LogP contribution in [0, 0.1) is 11.3 Å². The lowest BCUT2D eigenvalue weighted by atomic mass is 9.47. The SMILES string of the molecule is CC(=O)OCC12C(OC(=O)c3ccoc3)CC3CC1(OC3(C)C)C(C)(O)CC(OC(=O)c1ccco1)C2OC(=O)c1ccco1. The molecule has 1 aliphatic heterocycles. The van der Waals surface area contributed by atoms with Gasteiger partial charge in [0.2, 0.25) is 11.5 Å². The van der Waals surface area contributed by atoms with Crippen molar-refractivity contribution in [1.82, 2.24) is 0 Å². The molecular weight excluding hydrogens is 592 g/mol. The average Bonchev–Trinajstić information content (AvgIpc) is 3.79. The molecule has 2 bridgehead atoms. The highest BCUT2D eigenvalue weighted by Crippen LogP contribution is 2.68. The van der Waals surface area contributed by atoms with Crippen LogP contribution in [0.2, 0.25) is 0 Å². The summed E-state index contributed by atoms with van der Waals surface area (Å²) in [5, 5.41) is 12.4. The zero-order valence-corrected chi connectivity index (χ0v) is 25.2. The quantitative estimate of drug-likeness (QED) is 0.280. The Bertz CT molecular complexity index is 1550. The van der Waals surface area contributed by atoms with Crippen LogP contribution in [-0.4, -0.2) is 70.7 Å². The number of hydrogen-bond acceptors (Lipinski definition) is 13. The molecule has 0 aromatic carbocycles. The fourth-order valence-corrected chi connectivity index (χ4v) is 7.47. The third-order valence-corrected chi connectivity index (χ3v) is 9.55. The molecule has 45 heavy (non-hydrogen) atoms. The van der Waals surface area contributed by atoms with E-state index in [0.717, 1.165) is 0 Å². The van der Waals surface area contributed by atoms with Gasteiger partial charge < -0.3 is 42.0 Å².